The van der Waals surface area contributed by atoms with Crippen molar-refractivity contribution in [2.75, 3.05) is 0 Å². The van der Waals surface area contributed by atoms with E-state index in [0.29, 0.717) is 0 Å². The van der Waals surface area contributed by atoms with E-state index in [9.17, 15) is 0 Å². The molecule has 6 rings (SSSR count). The van der Waals surface area contributed by atoms with Crippen LogP contribution in [0.15, 0.2) is 72.8 Å². The van der Waals surface area contributed by atoms with Gasteiger partial charge in [-0.2, -0.15) is 0 Å². The van der Waals surface area contributed by atoms with Gasteiger partial charge in [0.05, 0.1) is 11.0 Å². The van der Waals surface area contributed by atoms with E-state index < -0.39 is 0 Å². The summed E-state index contributed by atoms with van der Waals surface area (Å²) in [5.74, 6) is 0. The number of hydrogen-bond donors (Lipinski definition) is 2. The second kappa shape index (κ2) is 4.18. The molecule has 2 heteroatoms. The Morgan fingerprint density at radius 1 is 0.417 bits per heavy atom. The molecule has 112 valence electrons. The fourth-order valence-corrected chi connectivity index (χ4v) is 4.13. The molecule has 2 aromatic heterocycles. The molecule has 0 unspecified atom stereocenters. The summed E-state index contributed by atoms with van der Waals surface area (Å²) in [5, 5.41) is 7.73. The summed E-state index contributed by atoms with van der Waals surface area (Å²) in [6.45, 7) is 0. The number of pyridine rings is 2. The molecule has 0 saturated heterocycles. The highest BCUT2D eigenvalue weighted by molar-refractivity contribution is 6.36. The first kappa shape index (κ1) is 12.2. The number of fused-ring (bicyclic) bond motifs is 7. The van der Waals surface area contributed by atoms with E-state index in [1.54, 1.807) is 0 Å². The van der Waals surface area contributed by atoms with Crippen LogP contribution in [-0.2, 0) is 0 Å². The van der Waals surface area contributed by atoms with E-state index in [1.165, 1.54) is 54.4 Å². The van der Waals surface area contributed by atoms with Crippen molar-refractivity contribution in [1.29, 1.82) is 0 Å². The zero-order valence-electron chi connectivity index (χ0n) is 12.9. The molecule has 0 aliphatic heterocycles. The molecular formula is C22H14N2. The van der Waals surface area contributed by atoms with Gasteiger partial charge in [0.1, 0.15) is 0 Å². The summed E-state index contributed by atoms with van der Waals surface area (Å²) < 4.78 is 0. The van der Waals surface area contributed by atoms with Crippen LogP contribution < -0.4 is 0 Å². The fourth-order valence-electron chi connectivity index (χ4n) is 4.13. The number of rotatable bonds is 0. The van der Waals surface area contributed by atoms with Gasteiger partial charge in [0.2, 0.25) is 0 Å². The molecule has 2 nitrogen and oxygen atoms in total. The summed E-state index contributed by atoms with van der Waals surface area (Å²) >= 11 is 0. The molecule has 0 aliphatic carbocycles. The number of hydrogen-bond acceptors (Lipinski definition) is 0. The molecule has 0 bridgehead atoms. The van der Waals surface area contributed by atoms with Crippen LogP contribution in [0.5, 0.6) is 0 Å². The third-order valence-electron chi connectivity index (χ3n) is 5.13. The largest absolute Gasteiger partial charge is 0.354 e. The maximum atomic E-state index is 3.67. The molecule has 0 fully saturated rings. The molecule has 0 amide bonds. The minimum Gasteiger partial charge on any atom is -0.354 e. The highest BCUT2D eigenvalue weighted by Crippen LogP contribution is 2.41. The fraction of sp³-hybridized carbons (Fsp3) is 0. The van der Waals surface area contributed by atoms with Crippen LogP contribution in [0.2, 0.25) is 0 Å². The number of aromatic amines is 2. The van der Waals surface area contributed by atoms with E-state index in [-0.39, 0.29) is 0 Å². The average Bonchev–Trinajstić information content (AvgIpc) is 2.96. The zero-order chi connectivity index (χ0) is 15.7. The van der Waals surface area contributed by atoms with Gasteiger partial charge in [-0.15, -0.1) is 0 Å². The van der Waals surface area contributed by atoms with Crippen LogP contribution in [0.25, 0.3) is 54.4 Å². The Morgan fingerprint density at radius 2 is 0.833 bits per heavy atom. The monoisotopic (exact) mass is 306 g/mol. The lowest BCUT2D eigenvalue weighted by atomic mass is 10.0. The first-order valence-electron chi connectivity index (χ1n) is 8.23. The minimum absolute atomic E-state index is 1.18. The molecule has 2 N–H and O–H groups in total. The quantitative estimate of drug-likeness (QED) is 0.317. The average molecular weight is 306 g/mol. The maximum Gasteiger partial charge on any atom is 0.0566 e. The number of nitrogens with one attached hydrogen (secondary N) is 2. The van der Waals surface area contributed by atoms with E-state index in [2.05, 4.69) is 82.8 Å². The van der Waals surface area contributed by atoms with Crippen LogP contribution in [-0.4, -0.2) is 9.97 Å². The highest BCUT2D eigenvalue weighted by atomic mass is 14.7. The van der Waals surface area contributed by atoms with Crippen molar-refractivity contribution in [2.45, 2.75) is 0 Å². The van der Waals surface area contributed by atoms with Gasteiger partial charge < -0.3 is 9.97 Å². The number of H-pyrrole nitrogens is 2. The highest BCUT2D eigenvalue weighted by Gasteiger charge is 2.16. The lowest BCUT2D eigenvalue weighted by Crippen LogP contribution is -1.87. The summed E-state index contributed by atoms with van der Waals surface area (Å²) in [4.78, 5) is 7.34. The van der Waals surface area contributed by atoms with Gasteiger partial charge in [-0.25, -0.2) is 0 Å². The normalized spacial score (nSPS) is 12.2. The van der Waals surface area contributed by atoms with Gasteiger partial charge in [0.15, 0.2) is 0 Å². The second-order valence-electron chi connectivity index (χ2n) is 6.39. The Hall–Kier alpha value is -3.26. The second-order valence-corrected chi connectivity index (χ2v) is 6.39. The third-order valence-corrected chi connectivity index (χ3v) is 5.13. The summed E-state index contributed by atoms with van der Waals surface area (Å²) in [7, 11) is 0. The van der Waals surface area contributed by atoms with Crippen molar-refractivity contribution in [3.05, 3.63) is 72.8 Å². The van der Waals surface area contributed by atoms with Crippen molar-refractivity contribution < 1.29 is 0 Å². The molecule has 24 heavy (non-hydrogen) atoms. The van der Waals surface area contributed by atoms with Gasteiger partial charge in [-0.3, -0.25) is 0 Å². The molecule has 4 aromatic carbocycles. The molecule has 6 aromatic rings. The Morgan fingerprint density at radius 3 is 1.33 bits per heavy atom. The van der Waals surface area contributed by atoms with Crippen molar-refractivity contribution in [3.63, 3.8) is 0 Å². The topological polar surface area (TPSA) is 31.6 Å². The van der Waals surface area contributed by atoms with E-state index in [1.807, 2.05) is 0 Å². The van der Waals surface area contributed by atoms with Gasteiger partial charge in [0, 0.05) is 43.4 Å². The van der Waals surface area contributed by atoms with Crippen molar-refractivity contribution in [1.82, 2.24) is 9.97 Å². The molecule has 0 saturated carbocycles. The Bertz CT molecular complexity index is 1300. The lowest BCUT2D eigenvalue weighted by molar-refractivity contribution is 1.51. The smallest absolute Gasteiger partial charge is 0.0566 e. The Kier molecular flexibility index (Phi) is 2.12. The van der Waals surface area contributed by atoms with Gasteiger partial charge >= 0.3 is 0 Å². The summed E-state index contributed by atoms with van der Waals surface area (Å²) in [6.07, 6.45) is 0. The zero-order valence-corrected chi connectivity index (χ0v) is 12.9. The molecule has 0 atom stereocenters. The van der Waals surface area contributed by atoms with E-state index >= 15 is 0 Å². The van der Waals surface area contributed by atoms with E-state index in [0.717, 1.165) is 0 Å². The van der Waals surface area contributed by atoms with E-state index in [4.69, 9.17) is 0 Å². The number of aromatic nitrogens is 2. The lowest BCUT2D eigenvalue weighted by Gasteiger charge is -2.10. The predicted octanol–water partition coefficient (Wildman–Crippen LogP) is 6.11. The van der Waals surface area contributed by atoms with Crippen molar-refractivity contribution in [3.8, 4) is 0 Å². The van der Waals surface area contributed by atoms with Crippen LogP contribution in [0, 0.1) is 0 Å². The molecule has 2 heterocycles. The van der Waals surface area contributed by atoms with Crippen molar-refractivity contribution >= 4 is 54.4 Å². The van der Waals surface area contributed by atoms with Gasteiger partial charge in [0.25, 0.3) is 0 Å². The standard InChI is InChI=1S/C22H14N2/c1-2-8-14-13(7-1)21-20-19(15-9-3-5-11-17(15)23-21)16-10-4-6-12-18(16)24-22(14)20/h1-12,23-24H. The van der Waals surface area contributed by atoms with Crippen LogP contribution >= 0.6 is 0 Å². The first-order chi connectivity index (χ1) is 11.9. The first-order valence-corrected chi connectivity index (χ1v) is 8.23. The summed E-state index contributed by atoms with van der Waals surface area (Å²) in [5.41, 5.74) is 4.80. The number of para-hydroxylation sites is 2. The molecular weight excluding hydrogens is 292 g/mol. The third kappa shape index (κ3) is 1.36. The predicted molar refractivity (Wildman–Crippen MR) is 103 cm³/mol. The number of benzene rings is 3. The molecule has 0 radical (unpaired) electrons. The van der Waals surface area contributed by atoms with Crippen LogP contribution in [0.4, 0.5) is 0 Å². The Balaban J connectivity index is 2.12. The van der Waals surface area contributed by atoms with Gasteiger partial charge in [-0.1, -0.05) is 60.7 Å². The Labute approximate surface area is 137 Å². The molecule has 0 aliphatic rings. The molecule has 0 spiro atoms. The van der Waals surface area contributed by atoms with Crippen LogP contribution in [0.3, 0.4) is 0 Å². The minimum atomic E-state index is 1.18. The summed E-state index contributed by atoms with van der Waals surface area (Å²) in [6, 6.07) is 25.8. The van der Waals surface area contributed by atoms with Crippen LogP contribution in [0.1, 0.15) is 0 Å². The maximum absolute atomic E-state index is 3.67. The van der Waals surface area contributed by atoms with Crippen molar-refractivity contribution in [2.24, 2.45) is 0 Å². The van der Waals surface area contributed by atoms with Gasteiger partial charge in [-0.05, 0) is 12.1 Å². The SMILES string of the molecule is c1ccc2c(c1)[nH]c1c3ccccc3c3[nH]c4ccccc4c2c13.